The molecule has 24 heavy (non-hydrogen) atoms. The summed E-state index contributed by atoms with van der Waals surface area (Å²) in [7, 11) is 0. The molecule has 7 heteroatoms. The lowest BCUT2D eigenvalue weighted by Crippen LogP contribution is -2.30. The Kier molecular flexibility index (Phi) is 3.62. The number of amides is 1. The molecule has 3 aromatic heterocycles. The molecule has 4 rings (SSSR count). The first-order valence-electron chi connectivity index (χ1n) is 7.51. The van der Waals surface area contributed by atoms with Crippen LogP contribution in [0.15, 0.2) is 53.0 Å². The van der Waals surface area contributed by atoms with Gasteiger partial charge in [-0.3, -0.25) is 14.2 Å². The van der Waals surface area contributed by atoms with Crippen molar-refractivity contribution >= 4 is 38.4 Å². The van der Waals surface area contributed by atoms with E-state index in [1.165, 1.54) is 22.2 Å². The number of nitrogens with zero attached hydrogens (tertiary/aromatic N) is 2. The summed E-state index contributed by atoms with van der Waals surface area (Å²) in [5.74, 6) is -0.155. The highest BCUT2D eigenvalue weighted by molar-refractivity contribution is 7.16. The van der Waals surface area contributed by atoms with Crippen molar-refractivity contribution in [1.29, 1.82) is 0 Å². The van der Waals surface area contributed by atoms with Crippen LogP contribution in [0.25, 0.3) is 21.1 Å². The van der Waals surface area contributed by atoms with E-state index in [2.05, 4.69) is 15.3 Å². The van der Waals surface area contributed by atoms with Gasteiger partial charge in [-0.2, -0.15) is 0 Å². The largest absolute Gasteiger partial charge is 0.361 e. The molecule has 0 spiro atoms. The summed E-state index contributed by atoms with van der Waals surface area (Å²) in [6.45, 7) is 0.739. The quantitative estimate of drug-likeness (QED) is 0.599. The lowest BCUT2D eigenvalue weighted by Gasteiger charge is -2.08. The van der Waals surface area contributed by atoms with Crippen molar-refractivity contribution in [2.75, 3.05) is 6.54 Å². The summed E-state index contributed by atoms with van der Waals surface area (Å²) in [6.07, 6.45) is 3.34. The summed E-state index contributed by atoms with van der Waals surface area (Å²) in [4.78, 5) is 32.7. The first kappa shape index (κ1) is 14.6. The van der Waals surface area contributed by atoms with Gasteiger partial charge in [-0.15, -0.1) is 11.3 Å². The number of aromatic amines is 1. The molecule has 0 bridgehead atoms. The number of carbonyl (C=O) groups is 1. The molecule has 0 fully saturated rings. The lowest BCUT2D eigenvalue weighted by atomic mass is 10.1. The third-order valence-electron chi connectivity index (χ3n) is 3.93. The highest BCUT2D eigenvalue weighted by Crippen LogP contribution is 2.17. The Bertz CT molecular complexity index is 1090. The smallest absolute Gasteiger partial charge is 0.262 e. The minimum atomic E-state index is -0.155. The van der Waals surface area contributed by atoms with E-state index in [1.54, 1.807) is 12.1 Å². The molecule has 120 valence electrons. The maximum Gasteiger partial charge on any atom is 0.262 e. The van der Waals surface area contributed by atoms with Crippen LogP contribution in [0.3, 0.4) is 0 Å². The number of carbonyl (C=O) groups excluding carboxylic acids is 1. The average Bonchev–Trinajstić information content (AvgIpc) is 3.25. The molecule has 0 aliphatic heterocycles. The average molecular weight is 338 g/mol. The number of rotatable bonds is 4. The zero-order valence-corrected chi connectivity index (χ0v) is 13.5. The monoisotopic (exact) mass is 338 g/mol. The maximum absolute atomic E-state index is 12.4. The van der Waals surface area contributed by atoms with Crippen LogP contribution in [0.2, 0.25) is 0 Å². The van der Waals surface area contributed by atoms with Crippen molar-refractivity contribution in [1.82, 2.24) is 19.9 Å². The Labute approximate surface area is 140 Å². The van der Waals surface area contributed by atoms with Crippen LogP contribution in [0.5, 0.6) is 0 Å². The Morgan fingerprint density at radius 2 is 2.17 bits per heavy atom. The fourth-order valence-electron chi connectivity index (χ4n) is 2.72. The van der Waals surface area contributed by atoms with Gasteiger partial charge in [0.1, 0.15) is 4.83 Å². The van der Waals surface area contributed by atoms with Crippen molar-refractivity contribution in [3.8, 4) is 0 Å². The summed E-state index contributed by atoms with van der Waals surface area (Å²) >= 11 is 1.44. The number of fused-ring (bicyclic) bond motifs is 2. The lowest BCUT2D eigenvalue weighted by molar-refractivity contribution is 0.0954. The van der Waals surface area contributed by atoms with Crippen LogP contribution in [-0.4, -0.2) is 27.0 Å². The molecule has 0 aliphatic carbocycles. The molecule has 3 heterocycles. The molecule has 0 atom stereocenters. The van der Waals surface area contributed by atoms with E-state index in [0.29, 0.717) is 24.0 Å². The van der Waals surface area contributed by atoms with Crippen molar-refractivity contribution in [2.24, 2.45) is 0 Å². The van der Waals surface area contributed by atoms with Crippen LogP contribution in [0, 0.1) is 0 Å². The van der Waals surface area contributed by atoms with Gasteiger partial charge in [0.15, 0.2) is 0 Å². The van der Waals surface area contributed by atoms with Gasteiger partial charge in [-0.1, -0.05) is 6.07 Å². The normalized spacial score (nSPS) is 11.2. The second kappa shape index (κ2) is 5.93. The second-order valence-electron chi connectivity index (χ2n) is 5.38. The van der Waals surface area contributed by atoms with Crippen LogP contribution in [0.1, 0.15) is 10.4 Å². The van der Waals surface area contributed by atoms with Crippen LogP contribution < -0.4 is 10.9 Å². The molecular formula is C17H14N4O2S. The first-order valence-corrected chi connectivity index (χ1v) is 8.39. The molecular weight excluding hydrogens is 324 g/mol. The summed E-state index contributed by atoms with van der Waals surface area (Å²) < 4.78 is 1.52. The summed E-state index contributed by atoms with van der Waals surface area (Å²) in [5, 5.41) is 6.21. The molecule has 4 aromatic rings. The molecule has 0 radical (unpaired) electrons. The van der Waals surface area contributed by atoms with Crippen molar-refractivity contribution in [2.45, 2.75) is 6.54 Å². The second-order valence-corrected chi connectivity index (χ2v) is 6.28. The van der Waals surface area contributed by atoms with E-state index in [-0.39, 0.29) is 11.5 Å². The summed E-state index contributed by atoms with van der Waals surface area (Å²) in [6, 6.07) is 9.21. The zero-order chi connectivity index (χ0) is 16.5. The Hall–Kier alpha value is -2.93. The standard InChI is InChI=1S/C17H14N4O2S/c22-15(12-2-1-3-14-11(12)4-6-18-14)19-7-8-21-10-20-16-13(17(21)23)5-9-24-16/h1-6,9-10,18H,7-8H2,(H,19,22). The van der Waals surface area contributed by atoms with E-state index >= 15 is 0 Å². The minimum Gasteiger partial charge on any atom is -0.361 e. The SMILES string of the molecule is O=C(NCCn1cnc2sccc2c1=O)c1cccc2[nH]ccc12. The number of benzene rings is 1. The number of aromatic nitrogens is 3. The fourth-order valence-corrected chi connectivity index (χ4v) is 3.44. The van der Waals surface area contributed by atoms with Crippen LogP contribution >= 0.6 is 11.3 Å². The van der Waals surface area contributed by atoms with E-state index in [0.717, 1.165) is 15.7 Å². The van der Waals surface area contributed by atoms with Crippen molar-refractivity contribution < 1.29 is 4.79 Å². The van der Waals surface area contributed by atoms with Gasteiger partial charge in [0, 0.05) is 35.8 Å². The van der Waals surface area contributed by atoms with Crippen LogP contribution in [0.4, 0.5) is 0 Å². The molecule has 0 unspecified atom stereocenters. The van der Waals surface area contributed by atoms with Gasteiger partial charge in [-0.05, 0) is 29.6 Å². The van der Waals surface area contributed by atoms with Gasteiger partial charge in [0.2, 0.25) is 0 Å². The van der Waals surface area contributed by atoms with Gasteiger partial charge in [0.25, 0.3) is 11.5 Å². The van der Waals surface area contributed by atoms with Gasteiger partial charge < -0.3 is 10.3 Å². The van der Waals surface area contributed by atoms with Gasteiger partial charge in [-0.25, -0.2) is 4.98 Å². The number of nitrogens with one attached hydrogen (secondary N) is 2. The van der Waals surface area contributed by atoms with Gasteiger partial charge in [0.05, 0.1) is 11.7 Å². The van der Waals surface area contributed by atoms with Gasteiger partial charge >= 0.3 is 0 Å². The van der Waals surface area contributed by atoms with E-state index in [4.69, 9.17) is 0 Å². The molecule has 6 nitrogen and oxygen atoms in total. The highest BCUT2D eigenvalue weighted by Gasteiger charge is 2.10. The Morgan fingerprint density at radius 1 is 1.25 bits per heavy atom. The maximum atomic E-state index is 12.4. The van der Waals surface area contributed by atoms with Crippen molar-refractivity contribution in [3.63, 3.8) is 0 Å². The molecule has 1 aromatic carbocycles. The third kappa shape index (κ3) is 2.48. The van der Waals surface area contributed by atoms with E-state index in [9.17, 15) is 9.59 Å². The van der Waals surface area contributed by atoms with E-state index in [1.807, 2.05) is 29.8 Å². The predicted molar refractivity (Wildman–Crippen MR) is 94.5 cm³/mol. The number of hydrogen-bond acceptors (Lipinski definition) is 4. The zero-order valence-electron chi connectivity index (χ0n) is 12.7. The first-order chi connectivity index (χ1) is 11.7. The van der Waals surface area contributed by atoms with Crippen molar-refractivity contribution in [3.05, 3.63) is 64.2 Å². The van der Waals surface area contributed by atoms with Crippen LogP contribution in [-0.2, 0) is 6.54 Å². The number of H-pyrrole nitrogens is 1. The fraction of sp³-hybridized carbons (Fsp3) is 0.118. The predicted octanol–water partition coefficient (Wildman–Crippen LogP) is 2.37. The molecule has 0 saturated carbocycles. The molecule has 0 saturated heterocycles. The minimum absolute atomic E-state index is 0.0803. The summed E-state index contributed by atoms with van der Waals surface area (Å²) in [5.41, 5.74) is 1.46. The number of hydrogen-bond donors (Lipinski definition) is 2. The Balaban J connectivity index is 1.48. The van der Waals surface area contributed by atoms with E-state index < -0.39 is 0 Å². The molecule has 2 N–H and O–H groups in total. The third-order valence-corrected chi connectivity index (χ3v) is 4.75. The topological polar surface area (TPSA) is 79.8 Å². The molecule has 0 aliphatic rings. The molecule has 1 amide bonds. The Morgan fingerprint density at radius 3 is 3.08 bits per heavy atom. The number of thiophene rings is 1. The highest BCUT2D eigenvalue weighted by atomic mass is 32.1.